The van der Waals surface area contributed by atoms with Crippen molar-refractivity contribution in [3.63, 3.8) is 0 Å². The van der Waals surface area contributed by atoms with Crippen molar-refractivity contribution in [2.45, 2.75) is 20.3 Å². The summed E-state index contributed by atoms with van der Waals surface area (Å²) in [6, 6.07) is 11.9. The molecule has 0 amide bonds. The van der Waals surface area contributed by atoms with E-state index in [-0.39, 0.29) is 0 Å². The second-order valence-corrected chi connectivity index (χ2v) is 6.58. The van der Waals surface area contributed by atoms with Crippen molar-refractivity contribution in [1.29, 1.82) is 0 Å². The van der Waals surface area contributed by atoms with Gasteiger partial charge in [0.05, 0.1) is 16.1 Å². The summed E-state index contributed by atoms with van der Waals surface area (Å²) < 4.78 is 0. The number of halogens is 1. The summed E-state index contributed by atoms with van der Waals surface area (Å²) in [4.78, 5) is 18.7. The molecule has 0 unspecified atom stereocenters. The maximum absolute atomic E-state index is 11.8. The highest BCUT2D eigenvalue weighted by atomic mass is 35.5. The first kappa shape index (κ1) is 14.2. The Labute approximate surface area is 132 Å². The van der Waals surface area contributed by atoms with Crippen LogP contribution in [0.15, 0.2) is 36.4 Å². The van der Waals surface area contributed by atoms with E-state index in [1.165, 1.54) is 10.4 Å². The molecule has 1 aromatic carbocycles. The monoisotopic (exact) mass is 315 g/mol. The van der Waals surface area contributed by atoms with Crippen LogP contribution < -0.4 is 0 Å². The number of carbonyl (C=O) groups is 1. The van der Waals surface area contributed by atoms with Gasteiger partial charge in [-0.1, -0.05) is 13.0 Å². The molecular weight excluding hydrogens is 302 g/mol. The molecule has 2 nitrogen and oxygen atoms in total. The van der Waals surface area contributed by atoms with Crippen LogP contribution in [0.5, 0.6) is 0 Å². The summed E-state index contributed by atoms with van der Waals surface area (Å²) in [5.74, 6) is 0. The molecule has 0 atom stereocenters. The van der Waals surface area contributed by atoms with Gasteiger partial charge < -0.3 is 0 Å². The van der Waals surface area contributed by atoms with Crippen LogP contribution in [-0.2, 0) is 6.42 Å². The number of benzene rings is 1. The standard InChI is InChI=1S/C17H14ClNOS/c1-3-11-5-6-14-12(8-11)13(17(18)20)9-15(19-14)16-7-4-10(2)21-16/h4-9H,3H2,1-2H3. The van der Waals surface area contributed by atoms with Gasteiger partial charge in [-0.15, -0.1) is 11.3 Å². The summed E-state index contributed by atoms with van der Waals surface area (Å²) >= 11 is 7.44. The Hall–Kier alpha value is -1.71. The van der Waals surface area contributed by atoms with E-state index < -0.39 is 5.24 Å². The molecule has 0 N–H and O–H groups in total. The second kappa shape index (κ2) is 5.58. The zero-order chi connectivity index (χ0) is 15.0. The van der Waals surface area contributed by atoms with Crippen LogP contribution in [0.4, 0.5) is 0 Å². The molecule has 0 aliphatic carbocycles. The normalized spacial score (nSPS) is 11.0. The zero-order valence-corrected chi connectivity index (χ0v) is 13.4. The third-order valence-corrected chi connectivity index (χ3v) is 4.71. The van der Waals surface area contributed by atoms with Crippen LogP contribution in [0, 0.1) is 6.92 Å². The minimum absolute atomic E-state index is 0.440. The summed E-state index contributed by atoms with van der Waals surface area (Å²) in [5, 5.41) is 0.386. The lowest BCUT2D eigenvalue weighted by Crippen LogP contribution is -1.96. The molecule has 0 radical (unpaired) electrons. The van der Waals surface area contributed by atoms with Crippen LogP contribution in [0.3, 0.4) is 0 Å². The van der Waals surface area contributed by atoms with Gasteiger partial charge in [0.1, 0.15) is 0 Å². The van der Waals surface area contributed by atoms with Gasteiger partial charge in [0.2, 0.25) is 0 Å². The molecule has 0 aliphatic heterocycles. The molecule has 0 spiro atoms. The molecule has 3 aromatic rings. The summed E-state index contributed by atoms with van der Waals surface area (Å²) in [6.07, 6.45) is 0.914. The zero-order valence-electron chi connectivity index (χ0n) is 11.8. The van der Waals surface area contributed by atoms with Crippen molar-refractivity contribution in [3.05, 3.63) is 52.4 Å². The Bertz CT molecular complexity index is 838. The van der Waals surface area contributed by atoms with E-state index in [1.54, 1.807) is 17.4 Å². The highest BCUT2D eigenvalue weighted by molar-refractivity contribution is 7.15. The van der Waals surface area contributed by atoms with Gasteiger partial charge >= 0.3 is 0 Å². The largest absolute Gasteiger partial charge is 0.276 e. The minimum Gasteiger partial charge on any atom is -0.276 e. The molecule has 2 aromatic heterocycles. The van der Waals surface area contributed by atoms with Crippen molar-refractivity contribution in [2.24, 2.45) is 0 Å². The van der Waals surface area contributed by atoms with E-state index in [4.69, 9.17) is 11.6 Å². The Morgan fingerprint density at radius 1 is 1.24 bits per heavy atom. The molecule has 3 rings (SSSR count). The molecule has 0 aliphatic rings. The number of aromatic nitrogens is 1. The molecule has 0 bridgehead atoms. The average Bonchev–Trinajstić information content (AvgIpc) is 2.92. The number of hydrogen-bond acceptors (Lipinski definition) is 3. The fraction of sp³-hybridized carbons (Fsp3) is 0.176. The molecule has 0 saturated heterocycles. The van der Waals surface area contributed by atoms with Gasteiger partial charge in [-0.3, -0.25) is 4.79 Å². The Morgan fingerprint density at radius 3 is 2.67 bits per heavy atom. The van der Waals surface area contributed by atoms with Gasteiger partial charge in [-0.2, -0.15) is 0 Å². The SMILES string of the molecule is CCc1ccc2nc(-c3ccc(C)s3)cc(C(=O)Cl)c2c1. The Balaban J connectivity index is 2.28. The van der Waals surface area contributed by atoms with Gasteiger partial charge in [0.15, 0.2) is 0 Å². The van der Waals surface area contributed by atoms with Crippen molar-refractivity contribution in [1.82, 2.24) is 4.98 Å². The van der Waals surface area contributed by atoms with Gasteiger partial charge in [0.25, 0.3) is 5.24 Å². The first-order chi connectivity index (χ1) is 10.1. The number of pyridine rings is 1. The van der Waals surface area contributed by atoms with Crippen LogP contribution in [0.25, 0.3) is 21.5 Å². The van der Waals surface area contributed by atoms with Crippen molar-refractivity contribution >= 4 is 39.1 Å². The van der Waals surface area contributed by atoms with Crippen molar-refractivity contribution < 1.29 is 4.79 Å². The first-order valence-corrected chi connectivity index (χ1v) is 7.98. The highest BCUT2D eigenvalue weighted by Crippen LogP contribution is 2.30. The van der Waals surface area contributed by atoms with Crippen LogP contribution >= 0.6 is 22.9 Å². The predicted octanol–water partition coefficient (Wildman–Crippen LogP) is 5.21. The molecule has 4 heteroatoms. The molecule has 21 heavy (non-hydrogen) atoms. The van der Waals surface area contributed by atoms with Crippen LogP contribution in [-0.4, -0.2) is 10.2 Å². The lowest BCUT2D eigenvalue weighted by Gasteiger charge is -2.07. The second-order valence-electron chi connectivity index (χ2n) is 4.94. The highest BCUT2D eigenvalue weighted by Gasteiger charge is 2.13. The number of aryl methyl sites for hydroxylation is 2. The number of fused-ring (bicyclic) bond motifs is 1. The maximum atomic E-state index is 11.8. The van der Waals surface area contributed by atoms with Crippen molar-refractivity contribution in [2.75, 3.05) is 0 Å². The maximum Gasteiger partial charge on any atom is 0.253 e. The lowest BCUT2D eigenvalue weighted by atomic mass is 10.0. The van der Waals surface area contributed by atoms with Gasteiger partial charge in [0, 0.05) is 15.8 Å². The molecule has 0 saturated carbocycles. The fourth-order valence-electron chi connectivity index (χ4n) is 2.35. The van der Waals surface area contributed by atoms with Gasteiger partial charge in [-0.05, 0) is 60.8 Å². The Kier molecular flexibility index (Phi) is 3.79. The third kappa shape index (κ3) is 2.71. The van der Waals surface area contributed by atoms with Gasteiger partial charge in [-0.25, -0.2) is 4.98 Å². The van der Waals surface area contributed by atoms with E-state index in [9.17, 15) is 4.79 Å². The smallest absolute Gasteiger partial charge is 0.253 e. The first-order valence-electron chi connectivity index (χ1n) is 6.79. The predicted molar refractivity (Wildman–Crippen MR) is 89.4 cm³/mol. The van der Waals surface area contributed by atoms with E-state index in [1.807, 2.05) is 30.3 Å². The Morgan fingerprint density at radius 2 is 2.05 bits per heavy atom. The van der Waals surface area contributed by atoms with E-state index in [2.05, 4.69) is 18.8 Å². The lowest BCUT2D eigenvalue weighted by molar-refractivity contribution is 0.108. The molecule has 2 heterocycles. The average molecular weight is 316 g/mol. The topological polar surface area (TPSA) is 30.0 Å². The van der Waals surface area contributed by atoms with Crippen molar-refractivity contribution in [3.8, 4) is 10.6 Å². The number of nitrogens with zero attached hydrogens (tertiary/aromatic N) is 1. The third-order valence-electron chi connectivity index (χ3n) is 3.49. The molecular formula is C17H14ClNOS. The minimum atomic E-state index is -0.440. The van der Waals surface area contributed by atoms with E-state index in [0.29, 0.717) is 5.56 Å². The number of rotatable bonds is 3. The number of hydrogen-bond donors (Lipinski definition) is 0. The van der Waals surface area contributed by atoms with E-state index >= 15 is 0 Å². The fourth-order valence-corrected chi connectivity index (χ4v) is 3.34. The number of thiophene rings is 1. The summed E-state index contributed by atoms with van der Waals surface area (Å²) in [6.45, 7) is 4.13. The summed E-state index contributed by atoms with van der Waals surface area (Å²) in [5.41, 5.74) is 3.30. The van der Waals surface area contributed by atoms with E-state index in [0.717, 1.165) is 27.9 Å². The summed E-state index contributed by atoms with van der Waals surface area (Å²) in [7, 11) is 0. The molecule has 0 fully saturated rings. The quantitative estimate of drug-likeness (QED) is 0.621. The van der Waals surface area contributed by atoms with Crippen LogP contribution in [0.2, 0.25) is 0 Å². The van der Waals surface area contributed by atoms with Crippen LogP contribution in [0.1, 0.15) is 27.7 Å². The number of carbonyl (C=O) groups excluding carboxylic acids is 1. The molecule has 106 valence electrons.